The second kappa shape index (κ2) is 5.63. The number of hydrogen-bond donors (Lipinski definition) is 0. The number of nitrogens with zero attached hydrogens (tertiary/aromatic N) is 1. The SMILES string of the molecule is O=C(CCc1ccccc1F)N1CCC(F)(F)CC1. The van der Waals surface area contributed by atoms with Gasteiger partial charge in [-0.05, 0) is 18.1 Å². The van der Waals surface area contributed by atoms with E-state index >= 15 is 0 Å². The third-order valence-electron chi connectivity index (χ3n) is 3.41. The van der Waals surface area contributed by atoms with Crippen molar-refractivity contribution in [2.24, 2.45) is 0 Å². The van der Waals surface area contributed by atoms with Gasteiger partial charge in [0.25, 0.3) is 5.92 Å². The predicted octanol–water partition coefficient (Wildman–Crippen LogP) is 3.02. The van der Waals surface area contributed by atoms with Crippen molar-refractivity contribution < 1.29 is 18.0 Å². The average Bonchev–Trinajstić information content (AvgIpc) is 2.37. The lowest BCUT2D eigenvalue weighted by Crippen LogP contribution is -2.42. The maximum Gasteiger partial charge on any atom is 0.251 e. The van der Waals surface area contributed by atoms with Crippen LogP contribution in [0.2, 0.25) is 0 Å². The summed E-state index contributed by atoms with van der Waals surface area (Å²) in [6.45, 7) is 0.173. The summed E-state index contributed by atoms with van der Waals surface area (Å²) >= 11 is 0. The molecule has 104 valence electrons. The summed E-state index contributed by atoms with van der Waals surface area (Å²) in [6.07, 6.45) is -0.0955. The number of carbonyl (C=O) groups is 1. The van der Waals surface area contributed by atoms with Gasteiger partial charge in [-0.25, -0.2) is 13.2 Å². The highest BCUT2D eigenvalue weighted by Gasteiger charge is 2.35. The largest absolute Gasteiger partial charge is 0.342 e. The minimum atomic E-state index is -2.65. The molecule has 1 saturated heterocycles. The Morgan fingerprint density at radius 2 is 1.84 bits per heavy atom. The maximum absolute atomic E-state index is 13.4. The molecule has 0 unspecified atom stereocenters. The van der Waals surface area contributed by atoms with Crippen molar-refractivity contribution in [3.8, 4) is 0 Å². The van der Waals surface area contributed by atoms with Crippen molar-refractivity contribution in [1.29, 1.82) is 0 Å². The first-order valence-corrected chi connectivity index (χ1v) is 6.37. The van der Waals surface area contributed by atoms with E-state index in [0.717, 1.165) is 0 Å². The van der Waals surface area contributed by atoms with E-state index < -0.39 is 5.92 Å². The van der Waals surface area contributed by atoms with E-state index in [9.17, 15) is 18.0 Å². The Kier molecular flexibility index (Phi) is 4.12. The first-order valence-electron chi connectivity index (χ1n) is 6.37. The lowest BCUT2D eigenvalue weighted by atomic mass is 10.0. The Bertz CT molecular complexity index is 452. The Balaban J connectivity index is 1.84. The molecular formula is C14H16F3NO. The van der Waals surface area contributed by atoms with Gasteiger partial charge in [0.2, 0.25) is 5.91 Å². The Hall–Kier alpha value is -1.52. The van der Waals surface area contributed by atoms with E-state index in [1.54, 1.807) is 18.2 Å². The molecule has 0 bridgehead atoms. The number of alkyl halides is 2. The van der Waals surface area contributed by atoms with Crippen LogP contribution in [-0.4, -0.2) is 29.8 Å². The van der Waals surface area contributed by atoms with Crippen LogP contribution in [0, 0.1) is 5.82 Å². The second-order valence-electron chi connectivity index (χ2n) is 4.83. The highest BCUT2D eigenvalue weighted by molar-refractivity contribution is 5.76. The Morgan fingerprint density at radius 1 is 1.21 bits per heavy atom. The number of amides is 1. The summed E-state index contributed by atoms with van der Waals surface area (Å²) < 4.78 is 39.3. The lowest BCUT2D eigenvalue weighted by molar-refractivity contribution is -0.137. The number of piperidine rings is 1. The minimum absolute atomic E-state index is 0.0864. The molecule has 0 aliphatic carbocycles. The molecule has 1 aromatic rings. The van der Waals surface area contributed by atoms with E-state index in [1.807, 2.05) is 0 Å². The van der Waals surface area contributed by atoms with Crippen LogP contribution in [-0.2, 0) is 11.2 Å². The van der Waals surface area contributed by atoms with Crippen LogP contribution in [0.15, 0.2) is 24.3 Å². The topological polar surface area (TPSA) is 20.3 Å². The zero-order chi connectivity index (χ0) is 13.9. The maximum atomic E-state index is 13.4. The Morgan fingerprint density at radius 3 is 2.47 bits per heavy atom. The van der Waals surface area contributed by atoms with E-state index in [4.69, 9.17) is 0 Å². The van der Waals surface area contributed by atoms with Gasteiger partial charge < -0.3 is 4.90 Å². The third-order valence-corrected chi connectivity index (χ3v) is 3.41. The number of likely N-dealkylation sites (tertiary alicyclic amines) is 1. The number of benzene rings is 1. The van der Waals surface area contributed by atoms with E-state index in [0.29, 0.717) is 12.0 Å². The van der Waals surface area contributed by atoms with Crippen molar-refractivity contribution >= 4 is 5.91 Å². The first kappa shape index (κ1) is 13.9. The van der Waals surface area contributed by atoms with Crippen LogP contribution >= 0.6 is 0 Å². The fourth-order valence-corrected chi connectivity index (χ4v) is 2.18. The molecule has 1 aromatic carbocycles. The van der Waals surface area contributed by atoms with Crippen molar-refractivity contribution in [2.75, 3.05) is 13.1 Å². The molecule has 0 N–H and O–H groups in total. The number of hydrogen-bond acceptors (Lipinski definition) is 1. The molecule has 1 aliphatic heterocycles. The number of carbonyl (C=O) groups excluding carboxylic acids is 1. The molecule has 19 heavy (non-hydrogen) atoms. The van der Waals surface area contributed by atoms with Gasteiger partial charge in [0.1, 0.15) is 5.82 Å². The molecule has 0 spiro atoms. The lowest BCUT2D eigenvalue weighted by Gasteiger charge is -2.31. The van der Waals surface area contributed by atoms with Gasteiger partial charge in [-0.1, -0.05) is 18.2 Å². The fourth-order valence-electron chi connectivity index (χ4n) is 2.18. The predicted molar refractivity (Wildman–Crippen MR) is 65.5 cm³/mol. The number of rotatable bonds is 3. The highest BCUT2D eigenvalue weighted by atomic mass is 19.3. The molecule has 1 aliphatic rings. The van der Waals surface area contributed by atoms with Crippen LogP contribution in [0.25, 0.3) is 0 Å². The number of aryl methyl sites for hydroxylation is 1. The number of halogens is 3. The smallest absolute Gasteiger partial charge is 0.251 e. The summed E-state index contributed by atoms with van der Waals surface area (Å²) in [5.74, 6) is -3.17. The molecule has 2 rings (SSSR count). The molecular weight excluding hydrogens is 255 g/mol. The van der Waals surface area contributed by atoms with E-state index in [-0.39, 0.29) is 44.1 Å². The van der Waals surface area contributed by atoms with Gasteiger partial charge in [0.15, 0.2) is 0 Å². The molecule has 0 saturated carbocycles. The van der Waals surface area contributed by atoms with Crippen molar-refractivity contribution in [3.63, 3.8) is 0 Å². The van der Waals surface area contributed by atoms with Crippen molar-refractivity contribution in [2.45, 2.75) is 31.6 Å². The zero-order valence-corrected chi connectivity index (χ0v) is 10.5. The summed E-state index contributed by atoms with van der Waals surface area (Å²) in [5.41, 5.74) is 0.484. The molecule has 1 heterocycles. The molecule has 2 nitrogen and oxygen atoms in total. The van der Waals surface area contributed by atoms with Crippen LogP contribution in [0.3, 0.4) is 0 Å². The van der Waals surface area contributed by atoms with Gasteiger partial charge in [-0.15, -0.1) is 0 Å². The normalized spacial score (nSPS) is 18.4. The van der Waals surface area contributed by atoms with Gasteiger partial charge >= 0.3 is 0 Å². The van der Waals surface area contributed by atoms with Gasteiger partial charge in [0, 0.05) is 32.4 Å². The molecule has 0 aromatic heterocycles. The molecule has 0 radical (unpaired) electrons. The quantitative estimate of drug-likeness (QED) is 0.827. The second-order valence-corrected chi connectivity index (χ2v) is 4.83. The van der Waals surface area contributed by atoms with Gasteiger partial charge in [0.05, 0.1) is 0 Å². The standard InChI is InChI=1S/C14H16F3NO/c15-12-4-2-1-3-11(12)5-6-13(19)18-9-7-14(16,17)8-10-18/h1-4H,5-10H2. The fraction of sp³-hybridized carbons (Fsp3) is 0.500. The van der Waals surface area contributed by atoms with E-state index in [2.05, 4.69) is 0 Å². The molecule has 1 amide bonds. The highest BCUT2D eigenvalue weighted by Crippen LogP contribution is 2.28. The average molecular weight is 271 g/mol. The van der Waals surface area contributed by atoms with Crippen LogP contribution in [0.4, 0.5) is 13.2 Å². The van der Waals surface area contributed by atoms with Crippen LogP contribution in [0.5, 0.6) is 0 Å². The molecule has 1 fully saturated rings. The zero-order valence-electron chi connectivity index (χ0n) is 10.5. The monoisotopic (exact) mass is 271 g/mol. The van der Waals surface area contributed by atoms with Gasteiger partial charge in [-0.2, -0.15) is 0 Å². The molecule has 0 atom stereocenters. The third kappa shape index (κ3) is 3.72. The van der Waals surface area contributed by atoms with Crippen LogP contribution in [0.1, 0.15) is 24.8 Å². The van der Waals surface area contributed by atoms with E-state index in [1.165, 1.54) is 11.0 Å². The van der Waals surface area contributed by atoms with Crippen molar-refractivity contribution in [1.82, 2.24) is 4.90 Å². The first-order chi connectivity index (χ1) is 8.98. The minimum Gasteiger partial charge on any atom is -0.342 e. The molecule has 5 heteroatoms. The summed E-state index contributed by atoms with van der Waals surface area (Å²) in [5, 5.41) is 0. The van der Waals surface area contributed by atoms with Gasteiger partial charge in [-0.3, -0.25) is 4.79 Å². The summed E-state index contributed by atoms with van der Waals surface area (Å²) in [7, 11) is 0. The van der Waals surface area contributed by atoms with Crippen molar-refractivity contribution in [3.05, 3.63) is 35.6 Å². The Labute approximate surface area is 110 Å². The summed E-state index contributed by atoms with van der Waals surface area (Å²) in [6, 6.07) is 6.28. The van der Waals surface area contributed by atoms with Crippen LogP contribution < -0.4 is 0 Å². The summed E-state index contributed by atoms with van der Waals surface area (Å²) in [4.78, 5) is 13.3.